The minimum atomic E-state index is 1.08. The van der Waals surface area contributed by atoms with E-state index in [9.17, 15) is 0 Å². The molecule has 1 aromatic rings. The zero-order chi connectivity index (χ0) is 10.7. The van der Waals surface area contributed by atoms with Crippen LogP contribution < -0.4 is 5.32 Å². The van der Waals surface area contributed by atoms with Crippen molar-refractivity contribution in [2.45, 2.75) is 6.42 Å². The Hall–Kier alpha value is -0.390. The van der Waals surface area contributed by atoms with E-state index in [-0.39, 0.29) is 0 Å². The quantitative estimate of drug-likeness (QED) is 0.877. The van der Waals surface area contributed by atoms with Gasteiger partial charge in [0.1, 0.15) is 4.60 Å². The first-order valence-electron chi connectivity index (χ1n) is 5.37. The predicted octanol–water partition coefficient (Wildman–Crippen LogP) is 0.630. The molecule has 0 spiro atoms. The van der Waals surface area contributed by atoms with Crippen molar-refractivity contribution in [3.8, 4) is 0 Å². The highest BCUT2D eigenvalue weighted by Gasteiger charge is 2.11. The second kappa shape index (κ2) is 5.09. The van der Waals surface area contributed by atoms with Crippen LogP contribution in [0.5, 0.6) is 0 Å². The summed E-state index contributed by atoms with van der Waals surface area (Å²) in [7, 11) is 1.96. The summed E-state index contributed by atoms with van der Waals surface area (Å²) in [4.78, 5) is 2.50. The van der Waals surface area contributed by atoms with Crippen LogP contribution in [0, 0.1) is 0 Å². The molecule has 5 heteroatoms. The fraction of sp³-hybridized carbons (Fsp3) is 0.700. The number of hydrogen-bond acceptors (Lipinski definition) is 3. The maximum absolute atomic E-state index is 4.22. The molecule has 0 saturated carbocycles. The molecule has 2 rings (SSSR count). The van der Waals surface area contributed by atoms with E-state index in [0.29, 0.717) is 0 Å². The minimum Gasteiger partial charge on any atom is -0.314 e. The largest absolute Gasteiger partial charge is 0.314 e. The number of piperazine rings is 1. The highest BCUT2D eigenvalue weighted by molar-refractivity contribution is 9.10. The van der Waals surface area contributed by atoms with Crippen molar-refractivity contribution < 1.29 is 0 Å². The fourth-order valence-electron chi connectivity index (χ4n) is 1.85. The van der Waals surface area contributed by atoms with Crippen LogP contribution in [0.3, 0.4) is 0 Å². The zero-order valence-electron chi connectivity index (χ0n) is 9.04. The summed E-state index contributed by atoms with van der Waals surface area (Å²) < 4.78 is 2.98. The molecule has 1 fully saturated rings. The normalized spacial score (nSPS) is 18.3. The van der Waals surface area contributed by atoms with Crippen LogP contribution in [0.1, 0.15) is 5.56 Å². The molecule has 4 nitrogen and oxygen atoms in total. The van der Waals surface area contributed by atoms with Gasteiger partial charge in [-0.25, -0.2) is 0 Å². The van der Waals surface area contributed by atoms with Gasteiger partial charge in [-0.05, 0) is 22.4 Å². The Morgan fingerprint density at radius 3 is 2.80 bits per heavy atom. The molecule has 0 unspecified atom stereocenters. The van der Waals surface area contributed by atoms with Gasteiger partial charge in [0.05, 0.1) is 6.20 Å². The van der Waals surface area contributed by atoms with Gasteiger partial charge in [0.2, 0.25) is 0 Å². The Bertz CT molecular complexity index is 317. The molecule has 0 atom stereocenters. The molecule has 84 valence electrons. The summed E-state index contributed by atoms with van der Waals surface area (Å²) in [5, 5.41) is 7.58. The van der Waals surface area contributed by atoms with Gasteiger partial charge in [0.15, 0.2) is 0 Å². The molecule has 0 aliphatic carbocycles. The summed E-state index contributed by atoms with van der Waals surface area (Å²) in [6.45, 7) is 5.70. The van der Waals surface area contributed by atoms with Crippen molar-refractivity contribution in [3.05, 3.63) is 16.4 Å². The fourth-order valence-corrected chi connectivity index (χ4v) is 2.24. The van der Waals surface area contributed by atoms with Crippen LogP contribution in [0.2, 0.25) is 0 Å². The number of aromatic nitrogens is 2. The topological polar surface area (TPSA) is 33.1 Å². The lowest BCUT2D eigenvalue weighted by atomic mass is 10.2. The third-order valence-corrected chi connectivity index (χ3v) is 3.87. The van der Waals surface area contributed by atoms with Crippen LogP contribution in [0.4, 0.5) is 0 Å². The summed E-state index contributed by atoms with van der Waals surface area (Å²) in [5.74, 6) is 0. The average molecular weight is 273 g/mol. The minimum absolute atomic E-state index is 1.08. The van der Waals surface area contributed by atoms with Crippen molar-refractivity contribution in [2.24, 2.45) is 7.05 Å². The lowest BCUT2D eigenvalue weighted by Crippen LogP contribution is -2.44. The molecular weight excluding hydrogens is 256 g/mol. The SMILES string of the molecule is Cn1ncc(CCN2CCNCC2)c1Br. The van der Waals surface area contributed by atoms with E-state index >= 15 is 0 Å². The third-order valence-electron chi connectivity index (χ3n) is 2.84. The highest BCUT2D eigenvalue weighted by Crippen LogP contribution is 2.15. The summed E-state index contributed by atoms with van der Waals surface area (Å²) in [6, 6.07) is 0. The lowest BCUT2D eigenvalue weighted by Gasteiger charge is -2.26. The Morgan fingerprint density at radius 1 is 1.47 bits per heavy atom. The number of aryl methyl sites for hydroxylation is 1. The Labute approximate surface area is 98.8 Å². The van der Waals surface area contributed by atoms with Gasteiger partial charge in [-0.3, -0.25) is 4.68 Å². The second-order valence-electron chi connectivity index (χ2n) is 3.93. The predicted molar refractivity (Wildman–Crippen MR) is 63.9 cm³/mol. The Kier molecular flexibility index (Phi) is 3.77. The van der Waals surface area contributed by atoms with E-state index in [1.54, 1.807) is 0 Å². The zero-order valence-corrected chi connectivity index (χ0v) is 10.6. The first kappa shape index (κ1) is 11.1. The first-order chi connectivity index (χ1) is 7.27. The highest BCUT2D eigenvalue weighted by atomic mass is 79.9. The molecule has 1 aromatic heterocycles. The van der Waals surface area contributed by atoms with Crippen molar-refractivity contribution in [1.82, 2.24) is 20.0 Å². The molecule has 1 N–H and O–H groups in total. The average Bonchev–Trinajstić information content (AvgIpc) is 2.59. The first-order valence-corrected chi connectivity index (χ1v) is 6.16. The molecule has 1 aliphatic heterocycles. The summed E-state index contributed by atoms with van der Waals surface area (Å²) in [5.41, 5.74) is 1.30. The second-order valence-corrected chi connectivity index (χ2v) is 4.68. The van der Waals surface area contributed by atoms with Crippen LogP contribution in [-0.2, 0) is 13.5 Å². The summed E-state index contributed by atoms with van der Waals surface area (Å²) >= 11 is 3.54. The molecule has 0 radical (unpaired) electrons. The maximum Gasteiger partial charge on any atom is 0.106 e. The number of halogens is 1. The van der Waals surface area contributed by atoms with Crippen molar-refractivity contribution >= 4 is 15.9 Å². The summed E-state index contributed by atoms with van der Waals surface area (Å²) in [6.07, 6.45) is 3.03. The lowest BCUT2D eigenvalue weighted by molar-refractivity contribution is 0.244. The molecule has 1 aliphatic rings. The van der Waals surface area contributed by atoms with Gasteiger partial charge in [0.25, 0.3) is 0 Å². The van der Waals surface area contributed by atoms with Crippen LogP contribution >= 0.6 is 15.9 Å². The van der Waals surface area contributed by atoms with Gasteiger partial charge in [-0.1, -0.05) is 0 Å². The van der Waals surface area contributed by atoms with E-state index in [2.05, 4.69) is 31.2 Å². The van der Waals surface area contributed by atoms with E-state index in [0.717, 1.165) is 43.7 Å². The number of rotatable bonds is 3. The van der Waals surface area contributed by atoms with E-state index in [1.807, 2.05) is 17.9 Å². The van der Waals surface area contributed by atoms with Crippen LogP contribution in [-0.4, -0.2) is 47.4 Å². The monoisotopic (exact) mass is 272 g/mol. The smallest absolute Gasteiger partial charge is 0.106 e. The van der Waals surface area contributed by atoms with Crippen molar-refractivity contribution in [3.63, 3.8) is 0 Å². The van der Waals surface area contributed by atoms with Crippen molar-refractivity contribution in [2.75, 3.05) is 32.7 Å². The van der Waals surface area contributed by atoms with Gasteiger partial charge >= 0.3 is 0 Å². The van der Waals surface area contributed by atoms with Crippen molar-refractivity contribution in [1.29, 1.82) is 0 Å². The van der Waals surface area contributed by atoms with Gasteiger partial charge in [-0.15, -0.1) is 0 Å². The molecule has 15 heavy (non-hydrogen) atoms. The molecule has 0 aromatic carbocycles. The van der Waals surface area contributed by atoms with Gasteiger partial charge < -0.3 is 10.2 Å². The molecule has 1 saturated heterocycles. The maximum atomic E-state index is 4.22. The number of nitrogens with one attached hydrogen (secondary N) is 1. The molecule has 0 amide bonds. The molecule has 2 heterocycles. The van der Waals surface area contributed by atoms with Gasteiger partial charge in [0, 0.05) is 45.3 Å². The standard InChI is InChI=1S/C10H17BrN4/c1-14-10(11)9(8-13-14)2-5-15-6-3-12-4-7-15/h8,12H,2-7H2,1H3. The van der Waals surface area contributed by atoms with Crippen LogP contribution in [0.25, 0.3) is 0 Å². The third kappa shape index (κ3) is 2.80. The van der Waals surface area contributed by atoms with Gasteiger partial charge in [-0.2, -0.15) is 5.10 Å². The van der Waals surface area contributed by atoms with E-state index in [1.165, 1.54) is 5.56 Å². The van der Waals surface area contributed by atoms with E-state index in [4.69, 9.17) is 0 Å². The number of hydrogen-bond donors (Lipinski definition) is 1. The van der Waals surface area contributed by atoms with Crippen LogP contribution in [0.15, 0.2) is 10.8 Å². The van der Waals surface area contributed by atoms with E-state index < -0.39 is 0 Å². The number of nitrogens with zero attached hydrogens (tertiary/aromatic N) is 3. The Morgan fingerprint density at radius 2 is 2.20 bits per heavy atom. The molecule has 0 bridgehead atoms. The Balaban J connectivity index is 1.84. The molecular formula is C10H17BrN4.